The minimum absolute atomic E-state index is 0.331. The molecule has 0 aromatic rings. The number of alkyl halides is 3. The lowest BCUT2D eigenvalue weighted by molar-refractivity contribution is -0.160. The van der Waals surface area contributed by atoms with E-state index in [4.69, 9.17) is 0 Å². The topological polar surface area (TPSA) is 72.5 Å². The second-order valence-corrected chi connectivity index (χ2v) is 6.73. The summed E-state index contributed by atoms with van der Waals surface area (Å²) < 4.78 is 60.0. The van der Waals surface area contributed by atoms with Crippen LogP contribution >= 0.6 is 0 Å². The summed E-state index contributed by atoms with van der Waals surface area (Å²) >= 11 is 0. The highest BCUT2D eigenvalue weighted by molar-refractivity contribution is 7.92. The van der Waals surface area contributed by atoms with Crippen molar-refractivity contribution in [3.8, 4) is 0 Å². The predicted molar refractivity (Wildman–Crippen MR) is 54.3 cm³/mol. The summed E-state index contributed by atoms with van der Waals surface area (Å²) in [6.07, 6.45) is -4.95. The Morgan fingerprint density at radius 3 is 2.12 bits per heavy atom. The van der Waals surface area contributed by atoms with E-state index in [0.717, 1.165) is 6.26 Å². The van der Waals surface area contributed by atoms with Crippen LogP contribution < -0.4 is 5.32 Å². The molecule has 0 spiro atoms. The minimum Gasteiger partial charge on any atom is -0.440 e. The summed E-state index contributed by atoms with van der Waals surface area (Å²) in [7, 11) is -3.43. The fourth-order valence-corrected chi connectivity index (χ4v) is 0.949. The number of halogens is 3. The lowest BCUT2D eigenvalue weighted by Crippen LogP contribution is -2.44. The van der Waals surface area contributed by atoms with E-state index >= 15 is 0 Å². The summed E-state index contributed by atoms with van der Waals surface area (Å²) in [4.78, 5) is 10.8. The highest BCUT2D eigenvalue weighted by Crippen LogP contribution is 2.15. The maximum Gasteiger partial charge on any atom is 0.422 e. The van der Waals surface area contributed by atoms with E-state index in [-0.39, 0.29) is 6.54 Å². The lowest BCUT2D eigenvalue weighted by Gasteiger charge is -2.22. The van der Waals surface area contributed by atoms with Crippen LogP contribution in [0.2, 0.25) is 0 Å². The number of nitrogens with one attached hydrogen (secondary N) is 1. The summed E-state index contributed by atoms with van der Waals surface area (Å²) in [6.45, 7) is 0.638. The Balaban J connectivity index is 4.19. The van der Waals surface area contributed by atoms with E-state index < -0.39 is 33.5 Å². The van der Waals surface area contributed by atoms with E-state index in [1.807, 2.05) is 5.32 Å². The van der Waals surface area contributed by atoms with E-state index in [0.29, 0.717) is 0 Å². The van der Waals surface area contributed by atoms with Crippen molar-refractivity contribution in [3.05, 3.63) is 0 Å². The van der Waals surface area contributed by atoms with Crippen molar-refractivity contribution in [2.24, 2.45) is 0 Å². The van der Waals surface area contributed by atoms with Crippen molar-refractivity contribution in [3.63, 3.8) is 0 Å². The number of hydrogen-bond donors (Lipinski definition) is 1. The Hall–Kier alpha value is -0.990. The Morgan fingerprint density at radius 2 is 1.76 bits per heavy atom. The normalized spacial score (nSPS) is 13.3. The third-order valence-electron chi connectivity index (χ3n) is 2.03. The van der Waals surface area contributed by atoms with Gasteiger partial charge in [-0.2, -0.15) is 13.2 Å². The molecule has 0 heterocycles. The molecule has 9 heteroatoms. The molecule has 102 valence electrons. The molecule has 0 rings (SSSR count). The summed E-state index contributed by atoms with van der Waals surface area (Å²) in [5.74, 6) is 0. The maximum absolute atomic E-state index is 11.7. The smallest absolute Gasteiger partial charge is 0.422 e. The van der Waals surface area contributed by atoms with Gasteiger partial charge in [-0.25, -0.2) is 13.2 Å². The minimum atomic E-state index is -4.61. The summed E-state index contributed by atoms with van der Waals surface area (Å²) in [5, 5.41) is 1.96. The third kappa shape index (κ3) is 6.35. The standard InChI is InChI=1S/C8H14F3NO4S/c1-7(2,17(3,14)15)4-12-6(13)16-5-8(9,10)11/h4-5H2,1-3H3,(H,12,13). The highest BCUT2D eigenvalue weighted by Gasteiger charge is 2.32. The number of hydrogen-bond acceptors (Lipinski definition) is 4. The zero-order chi connectivity index (χ0) is 13.9. The fourth-order valence-electron chi connectivity index (χ4n) is 0.615. The van der Waals surface area contributed by atoms with E-state index in [1.165, 1.54) is 13.8 Å². The molecular formula is C8H14F3NO4S. The fraction of sp³-hybridized carbons (Fsp3) is 0.875. The van der Waals surface area contributed by atoms with E-state index in [9.17, 15) is 26.4 Å². The average Bonchev–Trinajstić information content (AvgIpc) is 2.08. The monoisotopic (exact) mass is 277 g/mol. The van der Waals surface area contributed by atoms with Gasteiger partial charge in [0.15, 0.2) is 16.4 Å². The molecule has 5 nitrogen and oxygen atoms in total. The van der Waals surface area contributed by atoms with Crippen LogP contribution in [0.5, 0.6) is 0 Å². The van der Waals surface area contributed by atoms with Crippen molar-refractivity contribution in [2.75, 3.05) is 19.4 Å². The predicted octanol–water partition coefficient (Wildman–Crippen LogP) is 1.10. The molecule has 0 unspecified atom stereocenters. The second kappa shape index (κ2) is 5.11. The van der Waals surface area contributed by atoms with Crippen molar-refractivity contribution in [2.45, 2.75) is 24.8 Å². The molecule has 0 saturated heterocycles. The molecule has 0 atom stereocenters. The molecule has 0 bridgehead atoms. The number of carbonyl (C=O) groups is 1. The molecule has 0 aliphatic carbocycles. The molecule has 1 amide bonds. The molecule has 0 aliphatic rings. The molecule has 1 N–H and O–H groups in total. The molecule has 0 aromatic heterocycles. The molecule has 0 aliphatic heterocycles. The van der Waals surface area contributed by atoms with Gasteiger partial charge in [-0.05, 0) is 13.8 Å². The van der Waals surface area contributed by atoms with Gasteiger partial charge >= 0.3 is 12.3 Å². The van der Waals surface area contributed by atoms with Gasteiger partial charge in [0.2, 0.25) is 0 Å². The van der Waals surface area contributed by atoms with Crippen molar-refractivity contribution >= 4 is 15.9 Å². The second-order valence-electron chi connectivity index (χ2n) is 4.08. The zero-order valence-electron chi connectivity index (χ0n) is 9.59. The first-order valence-electron chi connectivity index (χ1n) is 4.52. The molecule has 0 aromatic carbocycles. The molecule has 0 saturated carbocycles. The molecule has 0 radical (unpaired) electrons. The van der Waals surface area contributed by atoms with Gasteiger partial charge in [0.25, 0.3) is 0 Å². The van der Waals surface area contributed by atoms with Crippen molar-refractivity contribution < 1.29 is 31.1 Å². The SMILES string of the molecule is CC(C)(CNC(=O)OCC(F)(F)F)S(C)(=O)=O. The Labute approximate surface area is 97.2 Å². The van der Waals surface area contributed by atoms with Crippen molar-refractivity contribution in [1.29, 1.82) is 0 Å². The number of amides is 1. The van der Waals surface area contributed by atoms with Crippen LogP contribution in [0.4, 0.5) is 18.0 Å². The third-order valence-corrected chi connectivity index (χ3v) is 4.18. The van der Waals surface area contributed by atoms with Crippen LogP contribution in [-0.4, -0.2) is 44.8 Å². The lowest BCUT2D eigenvalue weighted by atomic mass is 10.2. The van der Waals surface area contributed by atoms with Crippen LogP contribution in [0.3, 0.4) is 0 Å². The maximum atomic E-state index is 11.7. The zero-order valence-corrected chi connectivity index (χ0v) is 10.4. The quantitative estimate of drug-likeness (QED) is 0.835. The molecular weight excluding hydrogens is 263 g/mol. The Bertz CT molecular complexity index is 375. The van der Waals surface area contributed by atoms with Crippen LogP contribution in [0.25, 0.3) is 0 Å². The van der Waals surface area contributed by atoms with Crippen LogP contribution in [0, 0.1) is 0 Å². The number of ether oxygens (including phenoxy) is 1. The highest BCUT2D eigenvalue weighted by atomic mass is 32.2. The van der Waals surface area contributed by atoms with Gasteiger partial charge in [-0.1, -0.05) is 0 Å². The van der Waals surface area contributed by atoms with Crippen LogP contribution in [-0.2, 0) is 14.6 Å². The first-order valence-corrected chi connectivity index (χ1v) is 6.41. The van der Waals surface area contributed by atoms with Gasteiger partial charge in [0.1, 0.15) is 0 Å². The largest absolute Gasteiger partial charge is 0.440 e. The van der Waals surface area contributed by atoms with Crippen LogP contribution in [0.15, 0.2) is 0 Å². The number of carbonyl (C=O) groups excluding carboxylic acids is 1. The first kappa shape index (κ1) is 16.0. The van der Waals surface area contributed by atoms with Gasteiger partial charge in [0, 0.05) is 12.8 Å². The molecule has 17 heavy (non-hydrogen) atoms. The Morgan fingerprint density at radius 1 is 1.29 bits per heavy atom. The van der Waals surface area contributed by atoms with Gasteiger partial charge in [-0.15, -0.1) is 0 Å². The number of sulfone groups is 1. The summed E-state index contributed by atoms with van der Waals surface area (Å²) in [5.41, 5.74) is 0. The number of alkyl carbamates (subject to hydrolysis) is 1. The van der Waals surface area contributed by atoms with Crippen LogP contribution in [0.1, 0.15) is 13.8 Å². The van der Waals surface area contributed by atoms with E-state index in [2.05, 4.69) is 4.74 Å². The van der Waals surface area contributed by atoms with Gasteiger partial charge in [0.05, 0.1) is 4.75 Å². The average molecular weight is 277 g/mol. The molecule has 0 fully saturated rings. The Kier molecular flexibility index (Phi) is 4.81. The summed E-state index contributed by atoms with van der Waals surface area (Å²) in [6, 6.07) is 0. The van der Waals surface area contributed by atoms with Gasteiger partial charge in [-0.3, -0.25) is 0 Å². The van der Waals surface area contributed by atoms with Crippen molar-refractivity contribution in [1.82, 2.24) is 5.32 Å². The number of rotatable bonds is 4. The van der Waals surface area contributed by atoms with Gasteiger partial charge < -0.3 is 10.1 Å². The van der Waals surface area contributed by atoms with E-state index in [1.54, 1.807) is 0 Å². The first-order chi connectivity index (χ1) is 7.35.